The molecule has 0 saturated carbocycles. The fourth-order valence-electron chi connectivity index (χ4n) is 1.17. The Bertz CT molecular complexity index is 446. The minimum atomic E-state index is -0.904. The molecule has 0 aliphatic heterocycles. The summed E-state index contributed by atoms with van der Waals surface area (Å²) in [5.41, 5.74) is 0. The van der Waals surface area contributed by atoms with E-state index >= 15 is 0 Å². The zero-order valence-electron chi connectivity index (χ0n) is 9.74. The SMILES string of the molecule is CCOC(=O)CC(=O)COc1ccc(F)cc1F. The molecule has 0 spiro atoms. The summed E-state index contributed by atoms with van der Waals surface area (Å²) in [5.74, 6) is -3.09. The van der Waals surface area contributed by atoms with Crippen LogP contribution in [0.3, 0.4) is 0 Å². The minimum absolute atomic E-state index is 0.180. The summed E-state index contributed by atoms with van der Waals surface area (Å²) < 4.78 is 35.1. The summed E-state index contributed by atoms with van der Waals surface area (Å²) in [6, 6.07) is 2.72. The molecule has 98 valence electrons. The molecule has 4 nitrogen and oxygen atoms in total. The van der Waals surface area contributed by atoms with Crippen LogP contribution in [0.15, 0.2) is 18.2 Å². The standard InChI is InChI=1S/C12H12F2O4/c1-2-17-12(16)6-9(15)7-18-11-4-3-8(13)5-10(11)14/h3-5H,2,6-7H2,1H3. The predicted octanol–water partition coefficient (Wildman–Crippen LogP) is 1.87. The van der Waals surface area contributed by atoms with Crippen molar-refractivity contribution in [2.75, 3.05) is 13.2 Å². The molecule has 0 aliphatic carbocycles. The molecule has 0 heterocycles. The van der Waals surface area contributed by atoms with Gasteiger partial charge in [-0.05, 0) is 19.1 Å². The molecule has 0 saturated heterocycles. The van der Waals surface area contributed by atoms with Gasteiger partial charge in [-0.25, -0.2) is 8.78 Å². The highest BCUT2D eigenvalue weighted by Crippen LogP contribution is 2.17. The average molecular weight is 258 g/mol. The van der Waals surface area contributed by atoms with Crippen molar-refractivity contribution in [1.29, 1.82) is 0 Å². The number of ether oxygens (including phenoxy) is 2. The molecule has 1 rings (SSSR count). The normalized spacial score (nSPS) is 9.94. The highest BCUT2D eigenvalue weighted by atomic mass is 19.1. The van der Waals surface area contributed by atoms with Crippen molar-refractivity contribution in [2.24, 2.45) is 0 Å². The fraction of sp³-hybridized carbons (Fsp3) is 0.333. The van der Waals surface area contributed by atoms with Crippen molar-refractivity contribution < 1.29 is 27.8 Å². The van der Waals surface area contributed by atoms with Crippen LogP contribution >= 0.6 is 0 Å². The van der Waals surface area contributed by atoms with Crippen LogP contribution in [0.2, 0.25) is 0 Å². The number of hydrogen-bond donors (Lipinski definition) is 0. The second-order valence-electron chi connectivity index (χ2n) is 3.38. The lowest BCUT2D eigenvalue weighted by Gasteiger charge is -2.06. The first kappa shape index (κ1) is 14.1. The van der Waals surface area contributed by atoms with E-state index in [9.17, 15) is 18.4 Å². The lowest BCUT2D eigenvalue weighted by molar-refractivity contribution is -0.145. The van der Waals surface area contributed by atoms with E-state index in [-0.39, 0.29) is 12.4 Å². The molecule has 6 heteroatoms. The van der Waals surface area contributed by atoms with Crippen LogP contribution in [0.1, 0.15) is 13.3 Å². The molecule has 1 aromatic carbocycles. The van der Waals surface area contributed by atoms with E-state index in [1.807, 2.05) is 0 Å². The number of ketones is 1. The van der Waals surface area contributed by atoms with Gasteiger partial charge in [0.1, 0.15) is 18.8 Å². The molecular formula is C12H12F2O4. The van der Waals surface area contributed by atoms with E-state index in [4.69, 9.17) is 4.74 Å². The summed E-state index contributed by atoms with van der Waals surface area (Å²) >= 11 is 0. The summed E-state index contributed by atoms with van der Waals surface area (Å²) in [6.07, 6.45) is -0.434. The quantitative estimate of drug-likeness (QED) is 0.577. The van der Waals surface area contributed by atoms with Gasteiger partial charge in [-0.1, -0.05) is 0 Å². The Morgan fingerprint density at radius 1 is 1.28 bits per heavy atom. The first-order valence-electron chi connectivity index (χ1n) is 5.28. The predicted molar refractivity (Wildman–Crippen MR) is 58.1 cm³/mol. The van der Waals surface area contributed by atoms with Crippen molar-refractivity contribution in [1.82, 2.24) is 0 Å². The van der Waals surface area contributed by atoms with Gasteiger partial charge >= 0.3 is 5.97 Å². The summed E-state index contributed by atoms with van der Waals surface area (Å²) in [6.45, 7) is 1.33. The van der Waals surface area contributed by atoms with Gasteiger partial charge in [-0.2, -0.15) is 0 Å². The van der Waals surface area contributed by atoms with Crippen LogP contribution in [0.5, 0.6) is 5.75 Å². The van der Waals surface area contributed by atoms with Gasteiger partial charge in [0.05, 0.1) is 6.61 Å². The number of Topliss-reactive ketones (excluding diaryl/α,β-unsaturated/α-hetero) is 1. The zero-order valence-corrected chi connectivity index (χ0v) is 9.74. The topological polar surface area (TPSA) is 52.6 Å². The average Bonchev–Trinajstić information content (AvgIpc) is 2.28. The summed E-state index contributed by atoms with van der Waals surface area (Å²) in [7, 11) is 0. The maximum absolute atomic E-state index is 13.1. The third-order valence-electron chi connectivity index (χ3n) is 1.93. The molecule has 1 aromatic rings. The van der Waals surface area contributed by atoms with Gasteiger partial charge in [-0.3, -0.25) is 9.59 Å². The molecule has 0 bridgehead atoms. The third-order valence-corrected chi connectivity index (χ3v) is 1.93. The Kier molecular flexibility index (Phi) is 5.23. The molecule has 0 radical (unpaired) electrons. The molecule has 0 atom stereocenters. The molecule has 0 unspecified atom stereocenters. The van der Waals surface area contributed by atoms with Crippen LogP contribution < -0.4 is 4.74 Å². The van der Waals surface area contributed by atoms with E-state index in [1.54, 1.807) is 6.92 Å². The number of hydrogen-bond acceptors (Lipinski definition) is 4. The first-order valence-corrected chi connectivity index (χ1v) is 5.28. The number of carbonyl (C=O) groups is 2. The smallest absolute Gasteiger partial charge is 0.313 e. The van der Waals surface area contributed by atoms with Crippen molar-refractivity contribution >= 4 is 11.8 Å². The Hall–Kier alpha value is -1.98. The van der Waals surface area contributed by atoms with E-state index in [0.29, 0.717) is 6.07 Å². The summed E-state index contributed by atoms with van der Waals surface area (Å²) in [4.78, 5) is 22.2. The lowest BCUT2D eigenvalue weighted by Crippen LogP contribution is -2.17. The van der Waals surface area contributed by atoms with Crippen molar-refractivity contribution in [3.05, 3.63) is 29.8 Å². The van der Waals surface area contributed by atoms with E-state index < -0.39 is 36.4 Å². The molecule has 18 heavy (non-hydrogen) atoms. The van der Waals surface area contributed by atoms with Crippen LogP contribution in [-0.4, -0.2) is 25.0 Å². The maximum Gasteiger partial charge on any atom is 0.313 e. The molecule has 0 fully saturated rings. The van der Waals surface area contributed by atoms with Gasteiger partial charge < -0.3 is 9.47 Å². The van der Waals surface area contributed by atoms with Crippen LogP contribution in [0.25, 0.3) is 0 Å². The molecular weight excluding hydrogens is 246 g/mol. The monoisotopic (exact) mass is 258 g/mol. The highest BCUT2D eigenvalue weighted by molar-refractivity contribution is 5.96. The Morgan fingerprint density at radius 3 is 2.61 bits per heavy atom. The second-order valence-corrected chi connectivity index (χ2v) is 3.38. The Labute approximate surface area is 103 Å². The van der Waals surface area contributed by atoms with Crippen molar-refractivity contribution in [3.8, 4) is 5.75 Å². The zero-order chi connectivity index (χ0) is 13.5. The van der Waals surface area contributed by atoms with Gasteiger partial charge in [0.2, 0.25) is 0 Å². The Morgan fingerprint density at radius 2 is 2.00 bits per heavy atom. The van der Waals surface area contributed by atoms with E-state index in [1.165, 1.54) is 0 Å². The van der Waals surface area contributed by atoms with Crippen LogP contribution in [0.4, 0.5) is 8.78 Å². The van der Waals surface area contributed by atoms with Gasteiger partial charge in [-0.15, -0.1) is 0 Å². The number of esters is 1. The highest BCUT2D eigenvalue weighted by Gasteiger charge is 2.12. The number of benzene rings is 1. The number of halogens is 2. The van der Waals surface area contributed by atoms with E-state index in [0.717, 1.165) is 12.1 Å². The number of rotatable bonds is 6. The molecule has 0 N–H and O–H groups in total. The van der Waals surface area contributed by atoms with Gasteiger partial charge in [0.25, 0.3) is 0 Å². The van der Waals surface area contributed by atoms with Gasteiger partial charge in [0, 0.05) is 6.07 Å². The van der Waals surface area contributed by atoms with Crippen LogP contribution in [-0.2, 0) is 14.3 Å². The molecule has 0 amide bonds. The van der Waals surface area contributed by atoms with Gasteiger partial charge in [0.15, 0.2) is 17.3 Å². The first-order chi connectivity index (χ1) is 8.52. The molecule has 0 aliphatic rings. The maximum atomic E-state index is 13.1. The lowest BCUT2D eigenvalue weighted by atomic mass is 10.3. The van der Waals surface area contributed by atoms with Crippen molar-refractivity contribution in [2.45, 2.75) is 13.3 Å². The van der Waals surface area contributed by atoms with Crippen molar-refractivity contribution in [3.63, 3.8) is 0 Å². The summed E-state index contributed by atoms with van der Waals surface area (Å²) in [5, 5.41) is 0. The van der Waals surface area contributed by atoms with E-state index in [2.05, 4.69) is 4.74 Å². The Balaban J connectivity index is 2.45. The minimum Gasteiger partial charge on any atom is -0.483 e. The molecule has 0 aromatic heterocycles. The number of carbonyl (C=O) groups excluding carboxylic acids is 2. The second kappa shape index (κ2) is 6.68. The largest absolute Gasteiger partial charge is 0.483 e. The fourth-order valence-corrected chi connectivity index (χ4v) is 1.17. The third kappa shape index (κ3) is 4.48. The van der Waals surface area contributed by atoms with Crippen LogP contribution in [0, 0.1) is 11.6 Å².